The van der Waals surface area contributed by atoms with Crippen molar-refractivity contribution in [2.45, 2.75) is 38.3 Å². The molecular weight excluding hydrogens is 396 g/mol. The lowest BCUT2D eigenvalue weighted by atomic mass is 9.86. The lowest BCUT2D eigenvalue weighted by Gasteiger charge is -2.27. The van der Waals surface area contributed by atoms with Gasteiger partial charge in [-0.2, -0.15) is 0 Å². The van der Waals surface area contributed by atoms with Gasteiger partial charge in [-0.25, -0.2) is 9.97 Å². The van der Waals surface area contributed by atoms with Crippen LogP contribution in [0.3, 0.4) is 0 Å². The first-order valence-corrected chi connectivity index (χ1v) is 11.3. The number of aliphatic hydroxyl groups excluding tert-OH is 1. The molecule has 1 aliphatic carbocycles. The van der Waals surface area contributed by atoms with Crippen LogP contribution in [0.2, 0.25) is 0 Å². The van der Waals surface area contributed by atoms with Crippen LogP contribution in [0.5, 0.6) is 5.75 Å². The quantitative estimate of drug-likeness (QED) is 0.473. The Balaban J connectivity index is 1.31. The monoisotopic (exact) mass is 422 g/mol. The second kappa shape index (κ2) is 8.24. The zero-order valence-corrected chi connectivity index (χ0v) is 17.9. The average Bonchev–Trinajstić information content (AvgIpc) is 3.36. The summed E-state index contributed by atoms with van der Waals surface area (Å²) < 4.78 is 8.61. The number of methoxy groups -OCH3 is 1. The van der Waals surface area contributed by atoms with Crippen molar-refractivity contribution in [2.75, 3.05) is 19.0 Å². The summed E-state index contributed by atoms with van der Waals surface area (Å²) in [6.45, 7) is 1.55. The van der Waals surface area contributed by atoms with Crippen LogP contribution in [0.15, 0.2) is 42.7 Å². The molecular formula is C23H26N4O2S. The molecule has 0 saturated heterocycles. The van der Waals surface area contributed by atoms with E-state index in [2.05, 4.69) is 33.1 Å². The topological polar surface area (TPSA) is 72.2 Å². The summed E-state index contributed by atoms with van der Waals surface area (Å²) in [5, 5.41) is 14.6. The second-order valence-corrected chi connectivity index (χ2v) is 9.07. The highest BCUT2D eigenvalue weighted by atomic mass is 32.1. The minimum absolute atomic E-state index is 0.183. The number of benzene rings is 2. The summed E-state index contributed by atoms with van der Waals surface area (Å²) in [6, 6.07) is 12.4. The summed E-state index contributed by atoms with van der Waals surface area (Å²) in [7, 11) is 1.67. The van der Waals surface area contributed by atoms with Crippen LogP contribution in [-0.2, 0) is 6.54 Å². The highest BCUT2D eigenvalue weighted by Gasteiger charge is 2.23. The van der Waals surface area contributed by atoms with Gasteiger partial charge >= 0.3 is 0 Å². The first kappa shape index (κ1) is 19.3. The fraction of sp³-hybridized carbons (Fsp3) is 0.391. The van der Waals surface area contributed by atoms with E-state index < -0.39 is 0 Å². The van der Waals surface area contributed by atoms with E-state index in [0.29, 0.717) is 5.92 Å². The van der Waals surface area contributed by atoms with Gasteiger partial charge in [0.2, 0.25) is 0 Å². The molecule has 2 atom stereocenters. The normalized spacial score (nSPS) is 19.4. The molecule has 0 spiro atoms. The van der Waals surface area contributed by atoms with Crippen LogP contribution in [-0.4, -0.2) is 39.4 Å². The fourth-order valence-electron chi connectivity index (χ4n) is 4.28. The van der Waals surface area contributed by atoms with Crippen molar-refractivity contribution in [1.82, 2.24) is 14.5 Å². The van der Waals surface area contributed by atoms with E-state index in [4.69, 9.17) is 9.72 Å². The number of aliphatic hydroxyl groups is 1. The summed E-state index contributed by atoms with van der Waals surface area (Å²) in [4.78, 5) is 9.23. The molecule has 4 aromatic rings. The maximum absolute atomic E-state index is 10.2. The average molecular weight is 423 g/mol. The van der Waals surface area contributed by atoms with Gasteiger partial charge < -0.3 is 19.7 Å². The first-order chi connectivity index (χ1) is 14.7. The maximum atomic E-state index is 10.2. The molecule has 2 aromatic heterocycles. The minimum atomic E-state index is -0.183. The molecule has 30 heavy (non-hydrogen) atoms. The number of rotatable bonds is 6. The highest BCUT2D eigenvalue weighted by molar-refractivity contribution is 7.22. The Morgan fingerprint density at radius 1 is 1.17 bits per heavy atom. The molecule has 156 valence electrons. The molecule has 1 saturated carbocycles. The minimum Gasteiger partial charge on any atom is -0.497 e. The van der Waals surface area contributed by atoms with Crippen molar-refractivity contribution in [3.8, 4) is 5.75 Å². The third-order valence-electron chi connectivity index (χ3n) is 6.02. The van der Waals surface area contributed by atoms with Crippen molar-refractivity contribution in [3.63, 3.8) is 0 Å². The Labute approximate surface area is 179 Å². The largest absolute Gasteiger partial charge is 0.497 e. The second-order valence-electron chi connectivity index (χ2n) is 8.04. The van der Waals surface area contributed by atoms with Gasteiger partial charge in [0.25, 0.3) is 0 Å². The van der Waals surface area contributed by atoms with Gasteiger partial charge in [-0.3, -0.25) is 0 Å². The Hall–Kier alpha value is -2.64. The lowest BCUT2D eigenvalue weighted by molar-refractivity contribution is 0.0763. The first-order valence-electron chi connectivity index (χ1n) is 10.5. The standard InChI is InChI=1S/C23H26N4O2S/c1-29-17-7-9-20-19(11-17)25-14-27(20)13-15-6-8-18-22(10-15)30-23(26-18)24-12-16-4-2-3-5-21(16)28/h6-11,14,16,21,28H,2-5,12-13H2,1H3,(H,24,26)/t16-,21-/m0/s1. The molecule has 0 radical (unpaired) electrons. The van der Waals surface area contributed by atoms with Crippen LogP contribution < -0.4 is 10.1 Å². The van der Waals surface area contributed by atoms with Crippen molar-refractivity contribution in [1.29, 1.82) is 0 Å². The summed E-state index contributed by atoms with van der Waals surface area (Å²) >= 11 is 1.68. The van der Waals surface area contributed by atoms with Gasteiger partial charge in [-0.1, -0.05) is 30.2 Å². The molecule has 1 fully saturated rings. The van der Waals surface area contributed by atoms with Crippen LogP contribution >= 0.6 is 11.3 Å². The van der Waals surface area contributed by atoms with Crippen LogP contribution in [0, 0.1) is 5.92 Å². The number of imidazole rings is 1. The zero-order valence-electron chi connectivity index (χ0n) is 17.0. The molecule has 2 aromatic carbocycles. The Bertz CT molecular complexity index is 1170. The van der Waals surface area contributed by atoms with E-state index in [9.17, 15) is 5.11 Å². The SMILES string of the molecule is COc1ccc2c(c1)ncn2Cc1ccc2nc(NC[C@@H]3CCCC[C@@H]3O)sc2c1. The molecule has 2 N–H and O–H groups in total. The summed E-state index contributed by atoms with van der Waals surface area (Å²) in [6.07, 6.45) is 6.06. The predicted molar refractivity (Wildman–Crippen MR) is 121 cm³/mol. The van der Waals surface area contributed by atoms with Gasteiger partial charge in [-0.05, 0) is 42.7 Å². The third kappa shape index (κ3) is 3.87. The molecule has 0 bridgehead atoms. The summed E-state index contributed by atoms with van der Waals surface area (Å²) in [5.41, 5.74) is 4.25. The van der Waals surface area contributed by atoms with Crippen molar-refractivity contribution < 1.29 is 9.84 Å². The molecule has 1 aliphatic rings. The van der Waals surface area contributed by atoms with E-state index in [1.807, 2.05) is 24.5 Å². The van der Waals surface area contributed by atoms with Gasteiger partial charge in [0.15, 0.2) is 5.13 Å². The van der Waals surface area contributed by atoms with Crippen molar-refractivity contribution in [3.05, 3.63) is 48.3 Å². The van der Waals surface area contributed by atoms with E-state index in [1.165, 1.54) is 16.7 Å². The summed E-state index contributed by atoms with van der Waals surface area (Å²) in [5.74, 6) is 1.15. The molecule has 2 heterocycles. The Kier molecular flexibility index (Phi) is 5.31. The molecule has 0 amide bonds. The van der Waals surface area contributed by atoms with Gasteiger partial charge in [0.1, 0.15) is 5.75 Å². The van der Waals surface area contributed by atoms with Crippen molar-refractivity contribution in [2.24, 2.45) is 5.92 Å². The zero-order chi connectivity index (χ0) is 20.5. The van der Waals surface area contributed by atoms with E-state index in [-0.39, 0.29) is 6.10 Å². The number of anilines is 1. The Morgan fingerprint density at radius 2 is 2.07 bits per heavy atom. The molecule has 5 rings (SSSR count). The molecule has 7 heteroatoms. The van der Waals surface area contributed by atoms with Crippen LogP contribution in [0.25, 0.3) is 21.3 Å². The number of nitrogens with one attached hydrogen (secondary N) is 1. The van der Waals surface area contributed by atoms with E-state index in [1.54, 1.807) is 18.4 Å². The number of hydrogen-bond acceptors (Lipinski definition) is 6. The van der Waals surface area contributed by atoms with Gasteiger partial charge in [0.05, 0.1) is 40.8 Å². The number of aromatic nitrogens is 3. The van der Waals surface area contributed by atoms with Gasteiger partial charge in [-0.15, -0.1) is 0 Å². The number of hydrogen-bond donors (Lipinski definition) is 2. The smallest absolute Gasteiger partial charge is 0.183 e. The number of fused-ring (bicyclic) bond motifs is 2. The van der Waals surface area contributed by atoms with Crippen LogP contribution in [0.4, 0.5) is 5.13 Å². The molecule has 6 nitrogen and oxygen atoms in total. The lowest BCUT2D eigenvalue weighted by Crippen LogP contribution is -2.30. The van der Waals surface area contributed by atoms with Crippen molar-refractivity contribution >= 4 is 37.7 Å². The van der Waals surface area contributed by atoms with Crippen LogP contribution in [0.1, 0.15) is 31.2 Å². The number of nitrogens with zero attached hydrogens (tertiary/aromatic N) is 3. The van der Waals surface area contributed by atoms with E-state index >= 15 is 0 Å². The molecule has 0 aliphatic heterocycles. The number of ether oxygens (including phenoxy) is 1. The van der Waals surface area contributed by atoms with E-state index in [0.717, 1.165) is 59.8 Å². The highest BCUT2D eigenvalue weighted by Crippen LogP contribution is 2.30. The molecule has 0 unspecified atom stereocenters. The van der Waals surface area contributed by atoms with Gasteiger partial charge in [0, 0.05) is 25.1 Å². The Morgan fingerprint density at radius 3 is 2.93 bits per heavy atom. The third-order valence-corrected chi connectivity index (χ3v) is 6.99. The fourth-order valence-corrected chi connectivity index (χ4v) is 5.22. The predicted octanol–water partition coefficient (Wildman–Crippen LogP) is 4.67. The number of thiazole rings is 1. The maximum Gasteiger partial charge on any atom is 0.183 e.